The Kier molecular flexibility index (Phi) is 3.35. The van der Waals surface area contributed by atoms with Gasteiger partial charge in [0.2, 0.25) is 5.91 Å². The first kappa shape index (κ1) is 12.3. The molecular formula is C11H18N2O4. The van der Waals surface area contributed by atoms with E-state index in [0.29, 0.717) is 19.6 Å². The fourth-order valence-electron chi connectivity index (χ4n) is 2.38. The molecule has 3 atom stereocenters. The van der Waals surface area contributed by atoms with Crippen molar-refractivity contribution in [3.8, 4) is 0 Å². The van der Waals surface area contributed by atoms with Crippen LogP contribution in [0.2, 0.25) is 0 Å². The number of ether oxygens (including phenoxy) is 1. The Morgan fingerprint density at radius 2 is 2.24 bits per heavy atom. The number of amides is 1. The second kappa shape index (κ2) is 4.62. The van der Waals surface area contributed by atoms with Crippen LogP contribution in [0, 0.1) is 11.8 Å². The second-order valence-corrected chi connectivity index (χ2v) is 4.92. The van der Waals surface area contributed by atoms with Crippen LogP contribution in [0.3, 0.4) is 0 Å². The molecule has 0 spiro atoms. The number of rotatable bonds is 3. The molecule has 0 aromatic rings. The maximum absolute atomic E-state index is 12.1. The van der Waals surface area contributed by atoms with Crippen LogP contribution < -0.4 is 10.6 Å². The fraction of sp³-hybridized carbons (Fsp3) is 0.818. The first-order valence-corrected chi connectivity index (χ1v) is 5.89. The van der Waals surface area contributed by atoms with Gasteiger partial charge in [-0.3, -0.25) is 4.79 Å². The molecule has 2 aliphatic heterocycles. The molecule has 0 aromatic heterocycles. The average molecular weight is 242 g/mol. The molecule has 0 saturated carbocycles. The van der Waals surface area contributed by atoms with Crippen molar-refractivity contribution in [2.24, 2.45) is 11.8 Å². The summed E-state index contributed by atoms with van der Waals surface area (Å²) in [6, 6.07) is 0. The zero-order chi connectivity index (χ0) is 12.5. The first-order valence-electron chi connectivity index (χ1n) is 5.89. The van der Waals surface area contributed by atoms with Crippen LogP contribution >= 0.6 is 0 Å². The number of carboxylic acid groups (broad SMARTS) is 1. The van der Waals surface area contributed by atoms with Gasteiger partial charge in [-0.25, -0.2) is 4.79 Å². The predicted octanol–water partition coefficient (Wildman–Crippen LogP) is -0.798. The van der Waals surface area contributed by atoms with Crippen molar-refractivity contribution in [3.63, 3.8) is 0 Å². The smallest absolute Gasteiger partial charge is 0.331 e. The molecule has 6 nitrogen and oxygen atoms in total. The molecule has 0 aliphatic carbocycles. The summed E-state index contributed by atoms with van der Waals surface area (Å²) in [4.78, 5) is 23.3. The summed E-state index contributed by atoms with van der Waals surface area (Å²) >= 11 is 0. The number of carboxylic acids is 1. The molecular weight excluding hydrogens is 224 g/mol. The topological polar surface area (TPSA) is 87.7 Å². The van der Waals surface area contributed by atoms with Gasteiger partial charge in [0.15, 0.2) is 5.54 Å². The summed E-state index contributed by atoms with van der Waals surface area (Å²) < 4.78 is 5.10. The van der Waals surface area contributed by atoms with Crippen molar-refractivity contribution in [3.05, 3.63) is 0 Å². The highest BCUT2D eigenvalue weighted by Crippen LogP contribution is 2.22. The molecule has 0 aromatic carbocycles. The van der Waals surface area contributed by atoms with Gasteiger partial charge in [0, 0.05) is 19.6 Å². The van der Waals surface area contributed by atoms with Gasteiger partial charge in [-0.05, 0) is 12.5 Å². The van der Waals surface area contributed by atoms with E-state index in [9.17, 15) is 14.7 Å². The third-order valence-electron chi connectivity index (χ3n) is 3.65. The number of hydrogen-bond acceptors (Lipinski definition) is 4. The van der Waals surface area contributed by atoms with Crippen molar-refractivity contribution >= 4 is 11.9 Å². The van der Waals surface area contributed by atoms with Crippen LogP contribution in [0.15, 0.2) is 0 Å². The molecule has 1 amide bonds. The molecule has 2 aliphatic rings. The lowest BCUT2D eigenvalue weighted by Crippen LogP contribution is -2.57. The van der Waals surface area contributed by atoms with Crippen LogP contribution in [0.5, 0.6) is 0 Å². The number of carbonyl (C=O) groups excluding carboxylic acids is 1. The highest BCUT2D eigenvalue weighted by atomic mass is 16.5. The number of hydrogen-bond donors (Lipinski definition) is 3. The van der Waals surface area contributed by atoms with Crippen molar-refractivity contribution < 1.29 is 19.4 Å². The third kappa shape index (κ3) is 2.28. The van der Waals surface area contributed by atoms with Gasteiger partial charge in [0.25, 0.3) is 0 Å². The third-order valence-corrected chi connectivity index (χ3v) is 3.65. The van der Waals surface area contributed by atoms with Gasteiger partial charge in [0.1, 0.15) is 0 Å². The Morgan fingerprint density at radius 1 is 1.47 bits per heavy atom. The second-order valence-electron chi connectivity index (χ2n) is 4.92. The fourth-order valence-corrected chi connectivity index (χ4v) is 2.38. The number of aliphatic carboxylic acids is 1. The van der Waals surface area contributed by atoms with Gasteiger partial charge in [0.05, 0.1) is 12.5 Å². The summed E-state index contributed by atoms with van der Waals surface area (Å²) in [6.07, 6.45) is 0.336. The minimum atomic E-state index is -1.22. The van der Waals surface area contributed by atoms with E-state index < -0.39 is 11.5 Å². The summed E-state index contributed by atoms with van der Waals surface area (Å²) in [5, 5.41) is 15.0. The number of carbonyl (C=O) groups is 2. The van der Waals surface area contributed by atoms with Crippen LogP contribution in [0.25, 0.3) is 0 Å². The molecule has 2 saturated heterocycles. The normalized spacial score (nSPS) is 37.0. The van der Waals surface area contributed by atoms with Crippen LogP contribution in [-0.2, 0) is 14.3 Å². The Hall–Kier alpha value is -1.14. The minimum absolute atomic E-state index is 0.0581. The highest BCUT2D eigenvalue weighted by Gasteiger charge is 2.45. The quantitative estimate of drug-likeness (QED) is 0.603. The van der Waals surface area contributed by atoms with E-state index in [2.05, 4.69) is 10.6 Å². The molecule has 2 rings (SSSR count). The van der Waals surface area contributed by atoms with Crippen molar-refractivity contribution in [2.45, 2.75) is 18.9 Å². The Morgan fingerprint density at radius 3 is 2.71 bits per heavy atom. The monoisotopic (exact) mass is 242 g/mol. The van der Waals surface area contributed by atoms with Gasteiger partial charge in [-0.2, -0.15) is 0 Å². The maximum atomic E-state index is 12.1. The van der Waals surface area contributed by atoms with E-state index in [4.69, 9.17) is 4.74 Å². The molecule has 2 heterocycles. The van der Waals surface area contributed by atoms with E-state index in [1.165, 1.54) is 0 Å². The Balaban J connectivity index is 2.03. The first-order chi connectivity index (χ1) is 8.05. The summed E-state index contributed by atoms with van der Waals surface area (Å²) in [5.74, 6) is -1.10. The lowest BCUT2D eigenvalue weighted by molar-refractivity contribution is -0.148. The number of nitrogens with one attached hydrogen (secondary N) is 2. The Bertz CT molecular complexity index is 325. The molecule has 0 radical (unpaired) electrons. The molecule has 17 heavy (non-hydrogen) atoms. The highest BCUT2D eigenvalue weighted by molar-refractivity contribution is 5.88. The maximum Gasteiger partial charge on any atom is 0.331 e. The summed E-state index contributed by atoms with van der Waals surface area (Å²) in [7, 11) is 0. The SMILES string of the molecule is CC1CNCC1C(=O)NC1(C(=O)O)CCOC1. The van der Waals surface area contributed by atoms with Gasteiger partial charge in [-0.15, -0.1) is 0 Å². The standard InChI is InChI=1S/C11H18N2O4/c1-7-4-12-5-8(7)9(14)13-11(10(15)16)2-3-17-6-11/h7-8,12H,2-6H2,1H3,(H,13,14)(H,15,16). The molecule has 6 heteroatoms. The molecule has 3 unspecified atom stereocenters. The van der Waals surface area contributed by atoms with Gasteiger partial charge >= 0.3 is 5.97 Å². The van der Waals surface area contributed by atoms with Crippen LogP contribution in [0.1, 0.15) is 13.3 Å². The Labute approximate surface area is 99.7 Å². The average Bonchev–Trinajstić information content (AvgIpc) is 2.87. The largest absolute Gasteiger partial charge is 0.479 e. The van der Waals surface area contributed by atoms with Gasteiger partial charge < -0.3 is 20.5 Å². The van der Waals surface area contributed by atoms with E-state index in [1.807, 2.05) is 6.92 Å². The van der Waals surface area contributed by atoms with E-state index in [0.717, 1.165) is 6.54 Å². The zero-order valence-corrected chi connectivity index (χ0v) is 9.86. The molecule has 2 fully saturated rings. The lowest BCUT2D eigenvalue weighted by Gasteiger charge is -2.26. The minimum Gasteiger partial charge on any atom is -0.479 e. The van der Waals surface area contributed by atoms with E-state index in [-0.39, 0.29) is 24.3 Å². The van der Waals surface area contributed by atoms with E-state index >= 15 is 0 Å². The zero-order valence-electron chi connectivity index (χ0n) is 9.86. The summed E-state index contributed by atoms with van der Waals surface area (Å²) in [6.45, 7) is 3.84. The van der Waals surface area contributed by atoms with Crippen molar-refractivity contribution in [1.29, 1.82) is 0 Å². The lowest BCUT2D eigenvalue weighted by atomic mass is 9.93. The summed E-state index contributed by atoms with van der Waals surface area (Å²) in [5.41, 5.74) is -1.22. The van der Waals surface area contributed by atoms with Crippen molar-refractivity contribution in [2.75, 3.05) is 26.3 Å². The molecule has 3 N–H and O–H groups in total. The molecule has 96 valence electrons. The van der Waals surface area contributed by atoms with Crippen LogP contribution in [0.4, 0.5) is 0 Å². The van der Waals surface area contributed by atoms with Crippen LogP contribution in [-0.4, -0.2) is 48.8 Å². The molecule has 0 bridgehead atoms. The van der Waals surface area contributed by atoms with Crippen molar-refractivity contribution in [1.82, 2.24) is 10.6 Å². The van der Waals surface area contributed by atoms with E-state index in [1.54, 1.807) is 0 Å². The predicted molar refractivity (Wildman–Crippen MR) is 59.5 cm³/mol. The van der Waals surface area contributed by atoms with Gasteiger partial charge in [-0.1, -0.05) is 6.92 Å².